The third-order valence-electron chi connectivity index (χ3n) is 6.65. The van der Waals surface area contributed by atoms with E-state index in [1.54, 1.807) is 7.11 Å². The van der Waals surface area contributed by atoms with Crippen molar-refractivity contribution in [1.82, 2.24) is 0 Å². The number of hydrogen-bond donors (Lipinski definition) is 1. The third kappa shape index (κ3) is 1.71. The van der Waals surface area contributed by atoms with Gasteiger partial charge < -0.3 is 9.84 Å². The minimum Gasteiger partial charge on any atom is -0.504 e. The number of benzene rings is 1. The standard InChI is InChI=1S/C19H24O3/c1-11-7-8-19-10-13(20)4-5-15(19)14(11)9-12-3-6-16(22-2)18(21)17(12)19/h3,6,11,14-15,21H,4-5,7-10H2,1-2H3/t11?,14-,15?,19-/m0/s1. The lowest BCUT2D eigenvalue weighted by atomic mass is 9.46. The van der Waals surface area contributed by atoms with Crippen molar-refractivity contribution in [3.05, 3.63) is 23.3 Å². The molecule has 1 aromatic rings. The van der Waals surface area contributed by atoms with Crippen molar-refractivity contribution >= 4 is 5.78 Å². The Balaban J connectivity index is 1.95. The highest BCUT2D eigenvalue weighted by Gasteiger charge is 2.56. The van der Waals surface area contributed by atoms with Gasteiger partial charge in [0, 0.05) is 23.8 Å². The third-order valence-corrected chi connectivity index (χ3v) is 6.65. The van der Waals surface area contributed by atoms with Gasteiger partial charge in [0.25, 0.3) is 0 Å². The van der Waals surface area contributed by atoms with Crippen molar-refractivity contribution in [2.45, 2.75) is 50.9 Å². The summed E-state index contributed by atoms with van der Waals surface area (Å²) in [5.74, 6) is 3.10. The van der Waals surface area contributed by atoms with E-state index < -0.39 is 0 Å². The molecule has 0 aromatic heterocycles. The van der Waals surface area contributed by atoms with Crippen LogP contribution in [0, 0.1) is 17.8 Å². The molecule has 4 rings (SSSR count). The van der Waals surface area contributed by atoms with E-state index in [0.717, 1.165) is 37.7 Å². The molecule has 0 radical (unpaired) electrons. The van der Waals surface area contributed by atoms with Gasteiger partial charge >= 0.3 is 0 Å². The Morgan fingerprint density at radius 2 is 2.14 bits per heavy atom. The van der Waals surface area contributed by atoms with Crippen LogP contribution in [-0.4, -0.2) is 18.0 Å². The molecule has 2 bridgehead atoms. The number of rotatable bonds is 1. The molecule has 22 heavy (non-hydrogen) atoms. The fourth-order valence-corrected chi connectivity index (χ4v) is 5.66. The summed E-state index contributed by atoms with van der Waals surface area (Å²) in [5.41, 5.74) is 2.13. The van der Waals surface area contributed by atoms with Crippen molar-refractivity contribution in [1.29, 1.82) is 0 Å². The zero-order chi connectivity index (χ0) is 15.5. The number of fused-ring (bicyclic) bond motifs is 1. The average molecular weight is 300 g/mol. The molecule has 3 heteroatoms. The highest BCUT2D eigenvalue weighted by molar-refractivity contribution is 5.82. The monoisotopic (exact) mass is 300 g/mol. The number of aromatic hydroxyl groups is 1. The van der Waals surface area contributed by atoms with Crippen molar-refractivity contribution in [3.8, 4) is 11.5 Å². The van der Waals surface area contributed by atoms with Crippen LogP contribution in [0.15, 0.2) is 12.1 Å². The second kappa shape index (κ2) is 4.74. The van der Waals surface area contributed by atoms with Crippen molar-refractivity contribution in [2.24, 2.45) is 17.8 Å². The van der Waals surface area contributed by atoms with Gasteiger partial charge in [0.05, 0.1) is 7.11 Å². The van der Waals surface area contributed by atoms with Gasteiger partial charge in [-0.1, -0.05) is 13.0 Å². The largest absolute Gasteiger partial charge is 0.504 e. The molecule has 0 spiro atoms. The van der Waals surface area contributed by atoms with Crippen LogP contribution < -0.4 is 4.74 Å². The number of hydrogen-bond acceptors (Lipinski definition) is 3. The van der Waals surface area contributed by atoms with Gasteiger partial charge in [-0.3, -0.25) is 4.79 Å². The first-order valence-electron chi connectivity index (χ1n) is 8.48. The second-order valence-corrected chi connectivity index (χ2v) is 7.55. The minimum absolute atomic E-state index is 0.140. The van der Waals surface area contributed by atoms with E-state index in [9.17, 15) is 9.90 Å². The molecular formula is C19H24O3. The smallest absolute Gasteiger partial charge is 0.161 e. The topological polar surface area (TPSA) is 46.5 Å². The Bertz CT molecular complexity index is 636. The van der Waals surface area contributed by atoms with E-state index in [4.69, 9.17) is 4.74 Å². The molecule has 2 fully saturated rings. The maximum Gasteiger partial charge on any atom is 0.161 e. The summed E-state index contributed by atoms with van der Waals surface area (Å²) < 4.78 is 5.34. The number of phenolic OH excluding ortho intramolecular Hbond substituents is 1. The van der Waals surface area contributed by atoms with Crippen LogP contribution in [0.2, 0.25) is 0 Å². The Kier molecular flexibility index (Phi) is 3.04. The Labute approximate surface area is 131 Å². The molecule has 0 saturated heterocycles. The Morgan fingerprint density at radius 1 is 1.32 bits per heavy atom. The number of ether oxygens (including phenoxy) is 1. The average Bonchev–Trinajstić information content (AvgIpc) is 2.50. The Morgan fingerprint density at radius 3 is 2.91 bits per heavy atom. The van der Waals surface area contributed by atoms with E-state index >= 15 is 0 Å². The number of ketones is 1. The van der Waals surface area contributed by atoms with Crippen LogP contribution >= 0.6 is 0 Å². The van der Waals surface area contributed by atoms with Crippen molar-refractivity contribution < 1.29 is 14.6 Å². The van der Waals surface area contributed by atoms with Crippen LogP contribution in [0.3, 0.4) is 0 Å². The zero-order valence-electron chi connectivity index (χ0n) is 13.4. The fraction of sp³-hybridized carbons (Fsp3) is 0.632. The van der Waals surface area contributed by atoms with E-state index in [1.807, 2.05) is 6.07 Å². The lowest BCUT2D eigenvalue weighted by Gasteiger charge is -2.57. The molecule has 118 valence electrons. The predicted molar refractivity (Wildman–Crippen MR) is 84.3 cm³/mol. The second-order valence-electron chi connectivity index (χ2n) is 7.55. The Hall–Kier alpha value is -1.51. The molecule has 4 atom stereocenters. The first kappa shape index (κ1) is 14.1. The fourth-order valence-electron chi connectivity index (χ4n) is 5.66. The number of carbonyl (C=O) groups excluding carboxylic acids is 1. The number of carbonyl (C=O) groups is 1. The van der Waals surface area contributed by atoms with Crippen LogP contribution in [0.25, 0.3) is 0 Å². The molecule has 1 aromatic carbocycles. The first-order valence-corrected chi connectivity index (χ1v) is 8.48. The first-order chi connectivity index (χ1) is 10.6. The molecule has 2 unspecified atom stereocenters. The van der Waals surface area contributed by atoms with E-state index in [0.29, 0.717) is 35.7 Å². The lowest BCUT2D eigenvalue weighted by Crippen LogP contribution is -2.53. The number of Topliss-reactive ketones (excluding diaryl/α,β-unsaturated/α-hetero) is 1. The van der Waals surface area contributed by atoms with Crippen LogP contribution in [0.5, 0.6) is 11.5 Å². The SMILES string of the molecule is COc1ccc2c(c1O)[C@]13CCC(C)[C@H](C2)C1CCC(=O)C3. The summed E-state index contributed by atoms with van der Waals surface area (Å²) in [4.78, 5) is 12.3. The predicted octanol–water partition coefficient (Wildman–Crippen LogP) is 3.61. The maximum absolute atomic E-state index is 12.3. The molecule has 2 saturated carbocycles. The molecule has 0 amide bonds. The molecule has 0 heterocycles. The van der Waals surface area contributed by atoms with Gasteiger partial charge in [0.2, 0.25) is 0 Å². The summed E-state index contributed by atoms with van der Waals surface area (Å²) in [7, 11) is 1.59. The highest BCUT2D eigenvalue weighted by atomic mass is 16.5. The molecule has 1 N–H and O–H groups in total. The van der Waals surface area contributed by atoms with Crippen LogP contribution in [0.1, 0.15) is 50.2 Å². The van der Waals surface area contributed by atoms with Gasteiger partial charge in [-0.25, -0.2) is 0 Å². The van der Waals surface area contributed by atoms with Gasteiger partial charge in [0.15, 0.2) is 11.5 Å². The molecular weight excluding hydrogens is 276 g/mol. The maximum atomic E-state index is 12.3. The summed E-state index contributed by atoms with van der Waals surface area (Å²) in [6.45, 7) is 2.36. The molecule has 3 aliphatic rings. The van der Waals surface area contributed by atoms with Gasteiger partial charge in [-0.2, -0.15) is 0 Å². The van der Waals surface area contributed by atoms with E-state index in [2.05, 4.69) is 13.0 Å². The summed E-state index contributed by atoms with van der Waals surface area (Å²) in [6, 6.07) is 3.98. The number of phenols is 1. The number of methoxy groups -OCH3 is 1. The molecule has 3 nitrogen and oxygen atoms in total. The summed E-state index contributed by atoms with van der Waals surface area (Å²) >= 11 is 0. The zero-order valence-corrected chi connectivity index (χ0v) is 13.4. The van der Waals surface area contributed by atoms with Crippen LogP contribution in [-0.2, 0) is 16.6 Å². The normalized spacial score (nSPS) is 36.5. The summed E-state index contributed by atoms with van der Waals surface area (Å²) in [5, 5.41) is 10.8. The highest BCUT2D eigenvalue weighted by Crippen LogP contribution is 2.62. The minimum atomic E-state index is -0.140. The molecule has 0 aliphatic heterocycles. The molecule has 3 aliphatic carbocycles. The van der Waals surface area contributed by atoms with Crippen LogP contribution in [0.4, 0.5) is 0 Å². The van der Waals surface area contributed by atoms with Gasteiger partial charge in [0.1, 0.15) is 5.78 Å². The quantitative estimate of drug-likeness (QED) is 0.862. The van der Waals surface area contributed by atoms with E-state index in [-0.39, 0.29) is 11.2 Å². The van der Waals surface area contributed by atoms with E-state index in [1.165, 1.54) is 5.56 Å². The van der Waals surface area contributed by atoms with Crippen molar-refractivity contribution in [3.63, 3.8) is 0 Å². The van der Waals surface area contributed by atoms with Gasteiger partial charge in [-0.15, -0.1) is 0 Å². The summed E-state index contributed by atoms with van der Waals surface area (Å²) in [6.07, 6.45) is 5.53. The lowest BCUT2D eigenvalue weighted by molar-refractivity contribution is -0.126. The van der Waals surface area contributed by atoms with Crippen molar-refractivity contribution in [2.75, 3.05) is 7.11 Å². The van der Waals surface area contributed by atoms with Gasteiger partial charge in [-0.05, 0) is 55.1 Å².